The van der Waals surface area contributed by atoms with Gasteiger partial charge in [0, 0.05) is 61.9 Å². The fraction of sp³-hybridized carbons (Fsp3) is 0.421. The lowest BCUT2D eigenvalue weighted by molar-refractivity contribution is 0.240. The molecule has 4 rings (SSSR count). The summed E-state index contributed by atoms with van der Waals surface area (Å²) in [6.45, 7) is 7.07. The maximum absolute atomic E-state index is 4.75. The Morgan fingerprint density at radius 1 is 1.21 bits per heavy atom. The van der Waals surface area contributed by atoms with E-state index in [2.05, 4.69) is 48.0 Å². The molecule has 0 radical (unpaired) electrons. The smallest absolute Gasteiger partial charge is 0.131 e. The van der Waals surface area contributed by atoms with Crippen molar-refractivity contribution in [3.8, 4) is 0 Å². The fourth-order valence-corrected chi connectivity index (χ4v) is 3.42. The molecule has 0 atom stereocenters. The van der Waals surface area contributed by atoms with E-state index in [1.807, 2.05) is 17.9 Å². The minimum Gasteiger partial charge on any atom is -0.293 e. The molecule has 5 heteroatoms. The molecule has 5 nitrogen and oxygen atoms in total. The highest BCUT2D eigenvalue weighted by atomic mass is 15.3. The molecular weight excluding hydrogens is 298 g/mol. The standard InChI is InChI=1S/C19H23N5/c1-13(2)19-20-10-14-11-24(9-8-16(14)21-19)12-17-15-6-4-5-7-18(15)23(3)22-17/h4-7,10,13H,8-9,11-12H2,1-3H3. The van der Waals surface area contributed by atoms with E-state index >= 15 is 0 Å². The molecule has 3 aromatic rings. The van der Waals surface area contributed by atoms with Crippen LogP contribution in [-0.2, 0) is 26.6 Å². The average molecular weight is 321 g/mol. The summed E-state index contributed by atoms with van der Waals surface area (Å²) in [5.41, 5.74) is 4.81. The van der Waals surface area contributed by atoms with Gasteiger partial charge in [0.15, 0.2) is 0 Å². The number of benzene rings is 1. The van der Waals surface area contributed by atoms with Crippen molar-refractivity contribution in [3.05, 3.63) is 53.2 Å². The molecule has 1 aliphatic rings. The molecule has 2 aromatic heterocycles. The van der Waals surface area contributed by atoms with E-state index in [1.54, 1.807) is 0 Å². The van der Waals surface area contributed by atoms with E-state index in [0.29, 0.717) is 5.92 Å². The molecule has 0 bridgehead atoms. The summed E-state index contributed by atoms with van der Waals surface area (Å²) in [4.78, 5) is 11.7. The first-order valence-corrected chi connectivity index (χ1v) is 8.59. The second-order valence-electron chi connectivity index (χ2n) is 6.90. The highest BCUT2D eigenvalue weighted by molar-refractivity contribution is 5.81. The zero-order chi connectivity index (χ0) is 16.7. The van der Waals surface area contributed by atoms with Crippen LogP contribution >= 0.6 is 0 Å². The van der Waals surface area contributed by atoms with Gasteiger partial charge in [-0.15, -0.1) is 0 Å². The van der Waals surface area contributed by atoms with E-state index in [-0.39, 0.29) is 0 Å². The molecule has 124 valence electrons. The predicted molar refractivity (Wildman–Crippen MR) is 94.7 cm³/mol. The summed E-state index contributed by atoms with van der Waals surface area (Å²) in [5.74, 6) is 1.34. The first kappa shape index (κ1) is 15.3. The summed E-state index contributed by atoms with van der Waals surface area (Å²) in [5, 5.41) is 5.97. The van der Waals surface area contributed by atoms with Crippen LogP contribution in [-0.4, -0.2) is 31.2 Å². The predicted octanol–water partition coefficient (Wildman–Crippen LogP) is 3.05. The number of hydrogen-bond donors (Lipinski definition) is 0. The Morgan fingerprint density at radius 3 is 2.88 bits per heavy atom. The molecule has 1 aromatic carbocycles. The van der Waals surface area contributed by atoms with Gasteiger partial charge in [-0.05, 0) is 6.07 Å². The molecule has 0 saturated carbocycles. The van der Waals surface area contributed by atoms with Crippen molar-refractivity contribution >= 4 is 10.9 Å². The molecule has 0 saturated heterocycles. The summed E-state index contributed by atoms with van der Waals surface area (Å²) in [6, 6.07) is 8.43. The highest BCUT2D eigenvalue weighted by Gasteiger charge is 2.21. The van der Waals surface area contributed by atoms with Gasteiger partial charge in [-0.3, -0.25) is 9.58 Å². The SMILES string of the molecule is CC(C)c1ncc2c(n1)CCN(Cc1nn(C)c3ccccc13)C2. The van der Waals surface area contributed by atoms with Gasteiger partial charge >= 0.3 is 0 Å². The normalized spacial score (nSPS) is 15.2. The molecule has 0 N–H and O–H groups in total. The van der Waals surface area contributed by atoms with E-state index in [9.17, 15) is 0 Å². The van der Waals surface area contributed by atoms with Gasteiger partial charge in [0.1, 0.15) is 5.82 Å². The molecule has 3 heterocycles. The van der Waals surface area contributed by atoms with Gasteiger partial charge in [-0.25, -0.2) is 9.97 Å². The first-order valence-electron chi connectivity index (χ1n) is 8.59. The second kappa shape index (κ2) is 5.98. The van der Waals surface area contributed by atoms with Crippen molar-refractivity contribution < 1.29 is 0 Å². The minimum absolute atomic E-state index is 0.383. The first-order chi connectivity index (χ1) is 11.6. The van der Waals surface area contributed by atoms with E-state index in [1.165, 1.54) is 22.2 Å². The number of para-hydroxylation sites is 1. The molecular formula is C19H23N5. The zero-order valence-corrected chi connectivity index (χ0v) is 14.5. The summed E-state index contributed by atoms with van der Waals surface area (Å²) >= 11 is 0. The lowest BCUT2D eigenvalue weighted by atomic mass is 10.1. The van der Waals surface area contributed by atoms with Gasteiger partial charge in [-0.1, -0.05) is 32.0 Å². The number of hydrogen-bond acceptors (Lipinski definition) is 4. The monoisotopic (exact) mass is 321 g/mol. The van der Waals surface area contributed by atoms with Crippen molar-refractivity contribution in [2.45, 2.75) is 39.3 Å². The van der Waals surface area contributed by atoms with Crippen LogP contribution < -0.4 is 0 Å². The number of aromatic nitrogens is 4. The lowest BCUT2D eigenvalue weighted by Gasteiger charge is -2.27. The Hall–Kier alpha value is -2.27. The van der Waals surface area contributed by atoms with Gasteiger partial charge in [0.2, 0.25) is 0 Å². The van der Waals surface area contributed by atoms with Crippen LogP contribution in [0, 0.1) is 0 Å². The number of rotatable bonds is 3. The fourth-order valence-electron chi connectivity index (χ4n) is 3.42. The summed E-state index contributed by atoms with van der Waals surface area (Å²) < 4.78 is 1.97. The average Bonchev–Trinajstić information content (AvgIpc) is 2.90. The highest BCUT2D eigenvalue weighted by Crippen LogP contribution is 2.23. The number of aryl methyl sites for hydroxylation is 1. The Kier molecular flexibility index (Phi) is 3.81. The van der Waals surface area contributed by atoms with Crippen LogP contribution in [0.2, 0.25) is 0 Å². The topological polar surface area (TPSA) is 46.8 Å². The third-order valence-electron chi connectivity index (χ3n) is 4.76. The minimum atomic E-state index is 0.383. The van der Waals surface area contributed by atoms with Crippen molar-refractivity contribution in [3.63, 3.8) is 0 Å². The zero-order valence-electron chi connectivity index (χ0n) is 14.5. The second-order valence-corrected chi connectivity index (χ2v) is 6.90. The largest absolute Gasteiger partial charge is 0.293 e. The van der Waals surface area contributed by atoms with Crippen LogP contribution in [0.4, 0.5) is 0 Å². The lowest BCUT2D eigenvalue weighted by Crippen LogP contribution is -2.31. The Labute approximate surface area is 142 Å². The number of fused-ring (bicyclic) bond motifs is 2. The maximum Gasteiger partial charge on any atom is 0.131 e. The Morgan fingerprint density at radius 2 is 2.04 bits per heavy atom. The van der Waals surface area contributed by atoms with Crippen LogP contribution in [0.25, 0.3) is 10.9 Å². The van der Waals surface area contributed by atoms with Gasteiger partial charge in [0.25, 0.3) is 0 Å². The van der Waals surface area contributed by atoms with Crippen LogP contribution in [0.5, 0.6) is 0 Å². The quantitative estimate of drug-likeness (QED) is 0.744. The third kappa shape index (κ3) is 2.69. The maximum atomic E-state index is 4.75. The molecule has 0 fully saturated rings. The van der Waals surface area contributed by atoms with Crippen LogP contribution in [0.15, 0.2) is 30.5 Å². The van der Waals surface area contributed by atoms with Crippen LogP contribution in [0.1, 0.15) is 42.5 Å². The van der Waals surface area contributed by atoms with Crippen molar-refractivity contribution in [2.24, 2.45) is 7.05 Å². The summed E-state index contributed by atoms with van der Waals surface area (Å²) in [7, 11) is 2.01. The number of nitrogens with zero attached hydrogens (tertiary/aromatic N) is 5. The van der Waals surface area contributed by atoms with Gasteiger partial charge in [0.05, 0.1) is 11.2 Å². The van der Waals surface area contributed by atoms with E-state index < -0.39 is 0 Å². The molecule has 0 amide bonds. The van der Waals surface area contributed by atoms with Crippen molar-refractivity contribution in [2.75, 3.05) is 6.54 Å². The third-order valence-corrected chi connectivity index (χ3v) is 4.76. The molecule has 1 aliphatic heterocycles. The van der Waals surface area contributed by atoms with Crippen LogP contribution in [0.3, 0.4) is 0 Å². The van der Waals surface area contributed by atoms with Gasteiger partial charge < -0.3 is 0 Å². The Bertz CT molecular complexity index is 881. The van der Waals surface area contributed by atoms with Gasteiger partial charge in [-0.2, -0.15) is 5.10 Å². The van der Waals surface area contributed by atoms with Crippen molar-refractivity contribution in [1.82, 2.24) is 24.6 Å². The Balaban J connectivity index is 1.56. The molecule has 24 heavy (non-hydrogen) atoms. The van der Waals surface area contributed by atoms with E-state index in [4.69, 9.17) is 10.1 Å². The summed E-state index contributed by atoms with van der Waals surface area (Å²) in [6.07, 6.45) is 3.00. The molecule has 0 aliphatic carbocycles. The van der Waals surface area contributed by atoms with E-state index in [0.717, 1.165) is 37.6 Å². The molecule has 0 unspecified atom stereocenters. The molecule has 0 spiro atoms. The van der Waals surface area contributed by atoms with Crippen molar-refractivity contribution in [1.29, 1.82) is 0 Å².